The molecule has 0 atom stereocenters. The van der Waals surface area contributed by atoms with E-state index in [9.17, 15) is 0 Å². The van der Waals surface area contributed by atoms with Gasteiger partial charge in [-0.3, -0.25) is 0 Å². The van der Waals surface area contributed by atoms with Gasteiger partial charge in [0, 0.05) is 16.8 Å². The largest absolute Gasteiger partial charge is 1.00 e. The topological polar surface area (TPSA) is 23.8 Å². The maximum Gasteiger partial charge on any atom is 1.00 e. The summed E-state index contributed by atoms with van der Waals surface area (Å²) in [6.45, 7) is 4.75. The molecule has 0 saturated carbocycles. The maximum absolute atomic E-state index is 6.25. The molecule has 0 aromatic rings. The summed E-state index contributed by atoms with van der Waals surface area (Å²) in [5.74, 6) is 0. The molecule has 0 aromatic carbocycles. The first kappa shape index (κ1) is 34.7. The number of hydrogen-bond donors (Lipinski definition) is 0. The average Bonchev–Trinajstić information content (AvgIpc) is 1.00. The van der Waals surface area contributed by atoms with Crippen LogP contribution in [0.1, 0.15) is 0 Å². The second kappa shape index (κ2) is 64.3. The summed E-state index contributed by atoms with van der Waals surface area (Å²) < 4.78 is 0. The van der Waals surface area contributed by atoms with Crippen molar-refractivity contribution in [2.75, 3.05) is 0 Å². The smallest absolute Gasteiger partial charge is 0.512 e. The second-order valence-electron chi connectivity index (χ2n) is 0. The summed E-state index contributed by atoms with van der Waals surface area (Å²) in [7, 11) is 0. The van der Waals surface area contributed by atoms with E-state index in [4.69, 9.17) is 11.8 Å². The van der Waals surface area contributed by atoms with Gasteiger partial charge in [0.05, 0.1) is 0 Å². The first-order valence-corrected chi connectivity index (χ1v) is 0.224. The van der Waals surface area contributed by atoms with E-state index in [1.807, 2.05) is 0 Å². The molecule has 0 saturated heterocycles. The van der Waals surface area contributed by atoms with Crippen LogP contribution in [0, 0.1) is 11.8 Å². The van der Waals surface area contributed by atoms with Crippen LogP contribution in [0.4, 0.5) is 0 Å². The molecule has 0 aromatic heterocycles. The molecule has 19 valence electrons. The van der Waals surface area contributed by atoms with E-state index in [0.29, 0.717) is 0 Å². The van der Waals surface area contributed by atoms with Crippen LogP contribution in [0.2, 0.25) is 0 Å². The van der Waals surface area contributed by atoms with Crippen LogP contribution in [-0.2, 0) is 16.8 Å². The third-order valence-corrected chi connectivity index (χ3v) is 0. The van der Waals surface area contributed by atoms with Gasteiger partial charge in [0.15, 0.2) is 0 Å². The minimum absolute atomic E-state index is 0. The summed E-state index contributed by atoms with van der Waals surface area (Å²) >= 11 is 0. The van der Waals surface area contributed by atoms with Gasteiger partial charge in [0.1, 0.15) is 0 Å². The fraction of sp³-hybridized carbons (Fsp3) is 0. The Morgan fingerprint density at radius 3 is 1.00 bits per heavy atom. The monoisotopic (exact) mass is 99.0 g/mol. The zero-order chi connectivity index (χ0) is 2.00. The minimum Gasteiger partial charge on any atom is -0.512 e. The van der Waals surface area contributed by atoms with Crippen LogP contribution >= 0.6 is 0 Å². The van der Waals surface area contributed by atoms with Gasteiger partial charge in [-0.15, -0.1) is 0 Å². The van der Waals surface area contributed by atoms with Gasteiger partial charge in [-0.1, -0.05) is 0 Å². The molecule has 4 heteroatoms. The van der Waals surface area contributed by atoms with Gasteiger partial charge < -0.3 is 11.8 Å². The molecule has 0 amide bonds. The Morgan fingerprint density at radius 1 is 1.00 bits per heavy atom. The van der Waals surface area contributed by atoms with E-state index in [2.05, 4.69) is 0 Å². The molecule has 0 fully saturated rings. The molecule has 0 spiro atoms. The summed E-state index contributed by atoms with van der Waals surface area (Å²) in [6, 6.07) is 0. The Bertz CT molecular complexity index is 14.4. The van der Waals surface area contributed by atoms with Gasteiger partial charge in [0.2, 0.25) is 0 Å². The maximum atomic E-state index is 6.25. The van der Waals surface area contributed by atoms with E-state index < -0.39 is 0 Å². The molecule has 0 aliphatic carbocycles. The van der Waals surface area contributed by atoms with Crippen molar-refractivity contribution in [1.29, 1.82) is 5.26 Å². The van der Waals surface area contributed by atoms with E-state index in [1.54, 1.807) is 0 Å². The van der Waals surface area contributed by atoms with Gasteiger partial charge in [-0.25, -0.2) is 0 Å². The zero-order valence-electron chi connectivity index (χ0n) is 3.28. The third-order valence-electron chi connectivity index (χ3n) is 0. The van der Waals surface area contributed by atoms with Crippen molar-refractivity contribution in [1.82, 2.24) is 0 Å². The van der Waals surface area contributed by atoms with Crippen molar-refractivity contribution in [3.05, 3.63) is 6.57 Å². The van der Waals surface area contributed by atoms with Crippen molar-refractivity contribution in [2.24, 2.45) is 0 Å². The van der Waals surface area contributed by atoms with Crippen LogP contribution in [0.5, 0.6) is 0 Å². The molecule has 0 aliphatic heterocycles. The summed E-state index contributed by atoms with van der Waals surface area (Å²) in [5, 5.41) is 6.25. The number of hydrogen-bond acceptors (Lipinski definition) is 1. The molecular weight excluding hydrogens is 98.8 g/mol. The Hall–Kier alpha value is 1.19. The van der Waals surface area contributed by atoms with Crippen molar-refractivity contribution in [3.63, 3.8) is 0 Å². The summed E-state index contributed by atoms with van der Waals surface area (Å²) in [5.41, 5.74) is 0. The third kappa shape index (κ3) is 37.3. The Kier molecular flexibility index (Phi) is 447. The van der Waals surface area contributed by atoms with Crippen LogP contribution in [-0.4, -0.2) is 0 Å². The van der Waals surface area contributed by atoms with E-state index in [0.717, 1.165) is 0 Å². The van der Waals surface area contributed by atoms with Crippen LogP contribution in [0.15, 0.2) is 0 Å². The molecular formula is CCoLi2N+. The first-order chi connectivity index (χ1) is 1.00. The summed E-state index contributed by atoms with van der Waals surface area (Å²) in [4.78, 5) is 0. The van der Waals surface area contributed by atoms with Crippen LogP contribution in [0.25, 0.3) is 0 Å². The average molecular weight is 98.8 g/mol. The molecule has 0 bridgehead atoms. The van der Waals surface area contributed by atoms with E-state index >= 15 is 0 Å². The molecule has 1 nitrogen and oxygen atoms in total. The van der Waals surface area contributed by atoms with E-state index in [-0.39, 0.29) is 54.5 Å². The molecule has 0 heterocycles. The second-order valence-corrected chi connectivity index (χ2v) is 0. The summed E-state index contributed by atoms with van der Waals surface area (Å²) in [6.07, 6.45) is 0. The minimum atomic E-state index is 0. The Labute approximate surface area is 66.0 Å². The van der Waals surface area contributed by atoms with Crippen molar-refractivity contribution in [2.45, 2.75) is 0 Å². The van der Waals surface area contributed by atoms with E-state index in [1.165, 1.54) is 0 Å². The predicted octanol–water partition coefficient (Wildman–Crippen LogP) is -5.90. The predicted molar refractivity (Wildman–Crippen MR) is 4.97 cm³/mol. The van der Waals surface area contributed by atoms with Crippen LogP contribution < -0.4 is 37.7 Å². The quantitative estimate of drug-likeness (QED) is 0.219. The fourth-order valence-electron chi connectivity index (χ4n) is 0. The van der Waals surface area contributed by atoms with Crippen LogP contribution in [0.3, 0.4) is 0 Å². The zero-order valence-corrected chi connectivity index (χ0v) is 4.32. The van der Waals surface area contributed by atoms with Gasteiger partial charge in [-0.05, 0) is 0 Å². The van der Waals surface area contributed by atoms with Crippen molar-refractivity contribution < 1.29 is 54.5 Å². The van der Waals surface area contributed by atoms with Crippen molar-refractivity contribution in [3.8, 4) is 0 Å². The Balaban J connectivity index is -0.00000000167. The number of rotatable bonds is 0. The first-order valence-electron chi connectivity index (χ1n) is 0.224. The molecule has 1 radical (unpaired) electrons. The SMILES string of the molecule is [C-]#N.[Co].[Li+].[Li+]. The molecule has 5 heavy (non-hydrogen) atoms. The standard InChI is InChI=1S/CN.Co.2Li/c1-2;;;/q-1;;2*+1. The van der Waals surface area contributed by atoms with Gasteiger partial charge >= 0.3 is 37.7 Å². The van der Waals surface area contributed by atoms with Gasteiger partial charge in [-0.2, -0.15) is 0 Å². The molecule has 0 unspecified atom stereocenters. The van der Waals surface area contributed by atoms with Gasteiger partial charge in [0.25, 0.3) is 0 Å². The molecule has 0 N–H and O–H groups in total. The molecule has 0 aliphatic rings. The molecule has 0 rings (SSSR count). The fourth-order valence-corrected chi connectivity index (χ4v) is 0. The Morgan fingerprint density at radius 2 is 1.00 bits per heavy atom. The van der Waals surface area contributed by atoms with Crippen molar-refractivity contribution >= 4 is 0 Å². The normalized spacial score (nSPS) is 0.400. The number of nitrogens with zero attached hydrogens (tertiary/aromatic N) is 1.